The Hall–Kier alpha value is -3.09. The van der Waals surface area contributed by atoms with Crippen LogP contribution in [0.25, 0.3) is 6.08 Å². The number of nitrogens with one attached hydrogen (secondary N) is 1. The van der Waals surface area contributed by atoms with Crippen molar-refractivity contribution in [3.8, 4) is 5.75 Å². The minimum Gasteiger partial charge on any atom is -0.483 e. The van der Waals surface area contributed by atoms with Crippen LogP contribution in [0.4, 0.5) is 4.39 Å². The number of furan rings is 1. The van der Waals surface area contributed by atoms with Crippen LogP contribution < -0.4 is 10.1 Å². The van der Waals surface area contributed by atoms with E-state index in [1.807, 2.05) is 0 Å². The molecule has 25 heavy (non-hydrogen) atoms. The summed E-state index contributed by atoms with van der Waals surface area (Å²) in [5.74, 6) is 0.197. The number of nitrogens with zero attached hydrogens (tertiary/aromatic N) is 1. The van der Waals surface area contributed by atoms with Crippen LogP contribution in [-0.2, 0) is 16.1 Å². The summed E-state index contributed by atoms with van der Waals surface area (Å²) in [5.41, 5.74) is 0.606. The average molecular weight is 344 g/mol. The molecule has 1 aromatic heterocycles. The average Bonchev–Trinajstić information content (AvgIpc) is 3.06. The van der Waals surface area contributed by atoms with Crippen molar-refractivity contribution in [1.82, 2.24) is 10.2 Å². The first-order valence-corrected chi connectivity index (χ1v) is 7.80. The van der Waals surface area contributed by atoms with Gasteiger partial charge in [0.25, 0.3) is 5.91 Å². The fourth-order valence-electron chi connectivity index (χ4n) is 2.46. The minimum absolute atomic E-state index is 0.106. The molecule has 0 unspecified atom stereocenters. The number of ether oxygens (including phenoxy) is 1. The summed E-state index contributed by atoms with van der Waals surface area (Å²) < 4.78 is 23.9. The van der Waals surface area contributed by atoms with Gasteiger partial charge in [0.1, 0.15) is 17.3 Å². The number of benzene rings is 1. The first-order chi connectivity index (χ1) is 12.1. The van der Waals surface area contributed by atoms with Crippen LogP contribution in [0.2, 0.25) is 0 Å². The highest BCUT2D eigenvalue weighted by Gasteiger charge is 2.21. The molecule has 2 amide bonds. The number of amides is 2. The third-order valence-corrected chi connectivity index (χ3v) is 3.71. The first-order valence-electron chi connectivity index (χ1n) is 7.80. The summed E-state index contributed by atoms with van der Waals surface area (Å²) in [6.07, 6.45) is 4.43. The molecule has 1 aliphatic rings. The van der Waals surface area contributed by atoms with Crippen molar-refractivity contribution in [3.63, 3.8) is 0 Å². The summed E-state index contributed by atoms with van der Waals surface area (Å²) in [6.45, 7) is 0.713. The summed E-state index contributed by atoms with van der Waals surface area (Å²) >= 11 is 0. The van der Waals surface area contributed by atoms with Gasteiger partial charge in [-0.3, -0.25) is 9.59 Å². The molecule has 130 valence electrons. The van der Waals surface area contributed by atoms with Gasteiger partial charge in [-0.1, -0.05) is 0 Å². The number of hydrogen-bond acceptors (Lipinski definition) is 4. The quantitative estimate of drug-likeness (QED) is 0.842. The third-order valence-electron chi connectivity index (χ3n) is 3.71. The van der Waals surface area contributed by atoms with E-state index in [9.17, 15) is 14.0 Å². The van der Waals surface area contributed by atoms with Crippen molar-refractivity contribution in [2.24, 2.45) is 0 Å². The smallest absolute Gasteiger partial charge is 0.260 e. The maximum Gasteiger partial charge on any atom is 0.260 e. The van der Waals surface area contributed by atoms with Gasteiger partial charge < -0.3 is 19.4 Å². The molecule has 0 spiro atoms. The Morgan fingerprint density at radius 2 is 2.24 bits per heavy atom. The molecule has 3 rings (SSSR count). The predicted molar refractivity (Wildman–Crippen MR) is 88.1 cm³/mol. The zero-order valence-corrected chi connectivity index (χ0v) is 13.4. The summed E-state index contributed by atoms with van der Waals surface area (Å²) in [7, 11) is 0. The monoisotopic (exact) mass is 344 g/mol. The number of fused-ring (bicyclic) bond motifs is 1. The number of rotatable bonds is 5. The van der Waals surface area contributed by atoms with Gasteiger partial charge in [-0.05, 0) is 36.4 Å². The molecule has 1 aromatic carbocycles. The van der Waals surface area contributed by atoms with Gasteiger partial charge in [-0.15, -0.1) is 0 Å². The van der Waals surface area contributed by atoms with E-state index in [1.165, 1.54) is 35.4 Å². The molecule has 0 radical (unpaired) electrons. The molecule has 0 bridgehead atoms. The minimum atomic E-state index is -0.381. The van der Waals surface area contributed by atoms with Gasteiger partial charge in [-0.25, -0.2) is 4.39 Å². The van der Waals surface area contributed by atoms with E-state index in [0.717, 1.165) is 0 Å². The first kappa shape index (κ1) is 16.8. The molecule has 2 aromatic rings. The summed E-state index contributed by atoms with van der Waals surface area (Å²) in [5, 5.41) is 2.69. The topological polar surface area (TPSA) is 71.8 Å². The van der Waals surface area contributed by atoms with Gasteiger partial charge in [0.2, 0.25) is 5.91 Å². The fourth-order valence-corrected chi connectivity index (χ4v) is 2.46. The second-order valence-electron chi connectivity index (χ2n) is 5.50. The second kappa shape index (κ2) is 7.65. The van der Waals surface area contributed by atoms with Gasteiger partial charge in [-0.2, -0.15) is 0 Å². The van der Waals surface area contributed by atoms with Crippen molar-refractivity contribution >= 4 is 17.9 Å². The summed E-state index contributed by atoms with van der Waals surface area (Å²) in [6, 6.07) is 7.63. The Labute approximate surface area is 143 Å². The molecule has 6 nitrogen and oxygen atoms in total. The molecule has 0 aliphatic carbocycles. The molecule has 2 heterocycles. The van der Waals surface area contributed by atoms with Crippen LogP contribution in [0.1, 0.15) is 11.3 Å². The lowest BCUT2D eigenvalue weighted by Gasteiger charge is -2.20. The van der Waals surface area contributed by atoms with Crippen molar-refractivity contribution in [3.05, 3.63) is 59.8 Å². The zero-order chi connectivity index (χ0) is 17.6. The Morgan fingerprint density at radius 1 is 1.36 bits per heavy atom. The molecule has 0 fully saturated rings. The van der Waals surface area contributed by atoms with E-state index >= 15 is 0 Å². The number of hydrogen-bond donors (Lipinski definition) is 1. The van der Waals surface area contributed by atoms with E-state index in [0.29, 0.717) is 23.6 Å². The second-order valence-corrected chi connectivity index (χ2v) is 5.50. The van der Waals surface area contributed by atoms with Gasteiger partial charge >= 0.3 is 0 Å². The van der Waals surface area contributed by atoms with E-state index < -0.39 is 0 Å². The van der Waals surface area contributed by atoms with Crippen LogP contribution in [0, 0.1) is 5.82 Å². The summed E-state index contributed by atoms with van der Waals surface area (Å²) in [4.78, 5) is 25.4. The van der Waals surface area contributed by atoms with Crippen molar-refractivity contribution in [1.29, 1.82) is 0 Å². The van der Waals surface area contributed by atoms with E-state index in [1.54, 1.807) is 18.2 Å². The van der Waals surface area contributed by atoms with Gasteiger partial charge in [0, 0.05) is 31.3 Å². The number of halogens is 1. The highest BCUT2D eigenvalue weighted by Crippen LogP contribution is 2.24. The molecular weight excluding hydrogens is 327 g/mol. The third kappa shape index (κ3) is 4.47. The van der Waals surface area contributed by atoms with E-state index in [2.05, 4.69) is 5.32 Å². The predicted octanol–water partition coefficient (Wildman–Crippen LogP) is 1.97. The Morgan fingerprint density at radius 3 is 3.04 bits per heavy atom. The van der Waals surface area contributed by atoms with Crippen molar-refractivity contribution in [2.45, 2.75) is 6.54 Å². The highest BCUT2D eigenvalue weighted by atomic mass is 19.1. The van der Waals surface area contributed by atoms with Crippen LogP contribution in [0.15, 0.2) is 47.1 Å². The zero-order valence-electron chi connectivity index (χ0n) is 13.4. The van der Waals surface area contributed by atoms with Gasteiger partial charge in [0.05, 0.1) is 6.26 Å². The van der Waals surface area contributed by atoms with Gasteiger partial charge in [0.15, 0.2) is 6.61 Å². The van der Waals surface area contributed by atoms with Crippen LogP contribution in [0.5, 0.6) is 5.75 Å². The maximum absolute atomic E-state index is 13.4. The SMILES string of the molecule is O=C(C=Cc1ccco1)NCCN1Cc2cc(F)ccc2OCC1=O. The lowest BCUT2D eigenvalue weighted by molar-refractivity contribution is -0.133. The van der Waals surface area contributed by atoms with E-state index in [4.69, 9.17) is 9.15 Å². The number of carbonyl (C=O) groups excluding carboxylic acids is 2. The maximum atomic E-state index is 13.4. The van der Waals surface area contributed by atoms with Crippen molar-refractivity contribution < 1.29 is 23.1 Å². The normalized spacial score (nSPS) is 14.1. The van der Waals surface area contributed by atoms with E-state index in [-0.39, 0.29) is 37.3 Å². The molecule has 1 aliphatic heterocycles. The van der Waals surface area contributed by atoms with Crippen LogP contribution >= 0.6 is 0 Å². The fraction of sp³-hybridized carbons (Fsp3) is 0.222. The number of carbonyl (C=O) groups is 2. The van der Waals surface area contributed by atoms with Crippen LogP contribution in [0.3, 0.4) is 0 Å². The Bertz CT molecular complexity index is 786. The molecule has 0 atom stereocenters. The molecule has 0 saturated carbocycles. The molecule has 7 heteroatoms. The largest absolute Gasteiger partial charge is 0.483 e. The highest BCUT2D eigenvalue weighted by molar-refractivity contribution is 5.91. The Balaban J connectivity index is 1.53. The van der Waals surface area contributed by atoms with Crippen molar-refractivity contribution in [2.75, 3.05) is 19.7 Å². The lowest BCUT2D eigenvalue weighted by atomic mass is 10.2. The lowest BCUT2D eigenvalue weighted by Crippen LogP contribution is -2.38. The van der Waals surface area contributed by atoms with Crippen LogP contribution in [-0.4, -0.2) is 36.4 Å². The molecule has 1 N–H and O–H groups in total. The molecule has 0 saturated heterocycles. The Kier molecular flexibility index (Phi) is 5.13. The molecular formula is C18H17FN2O4. The standard InChI is InChI=1S/C18H17FN2O4/c19-14-3-5-16-13(10-14)11-21(18(23)12-25-16)8-7-20-17(22)6-4-15-2-1-9-24-15/h1-6,9-10H,7-8,11-12H2,(H,20,22).